The molecule has 33 heavy (non-hydrogen) atoms. The van der Waals surface area contributed by atoms with Crippen molar-refractivity contribution in [2.45, 2.75) is 83.1 Å². The fourth-order valence-corrected chi connectivity index (χ4v) is 6.18. The van der Waals surface area contributed by atoms with Gasteiger partial charge in [0.05, 0.1) is 4.88 Å². The second kappa shape index (κ2) is 11.4. The summed E-state index contributed by atoms with van der Waals surface area (Å²) in [5.41, 5.74) is 0.475. The highest BCUT2D eigenvalue weighted by Gasteiger charge is 2.21. The van der Waals surface area contributed by atoms with Gasteiger partial charge in [0.15, 0.2) is 15.6 Å². The number of hydrogen-bond donors (Lipinski definition) is 1. The highest BCUT2D eigenvalue weighted by atomic mass is 32.1. The molecule has 1 aliphatic rings. The van der Waals surface area contributed by atoms with Crippen molar-refractivity contribution >= 4 is 23.6 Å². The van der Waals surface area contributed by atoms with E-state index in [0.29, 0.717) is 27.5 Å². The maximum absolute atomic E-state index is 13.6. The molecule has 0 spiro atoms. The molecule has 0 unspecified atom stereocenters. The van der Waals surface area contributed by atoms with Gasteiger partial charge in [-0.25, -0.2) is 8.78 Å². The van der Waals surface area contributed by atoms with Gasteiger partial charge in [-0.15, -0.1) is 11.3 Å². The van der Waals surface area contributed by atoms with Crippen molar-refractivity contribution in [3.05, 3.63) is 56.6 Å². The zero-order valence-electron chi connectivity index (χ0n) is 18.8. The van der Waals surface area contributed by atoms with Gasteiger partial charge in [0, 0.05) is 18.0 Å². The van der Waals surface area contributed by atoms with Crippen molar-refractivity contribution in [3.63, 3.8) is 0 Å². The SMILES string of the molecule is Oc1c(Cc2ccc(-c3ccc(F)c(F)c3)o2)sc(=S)n1C1CCCCCCCCCCC1. The van der Waals surface area contributed by atoms with Gasteiger partial charge in [-0.1, -0.05) is 57.8 Å². The molecule has 2 heterocycles. The lowest BCUT2D eigenvalue weighted by Crippen LogP contribution is -2.09. The van der Waals surface area contributed by atoms with E-state index in [1.54, 1.807) is 12.1 Å². The van der Waals surface area contributed by atoms with Crippen LogP contribution in [0.4, 0.5) is 8.78 Å². The van der Waals surface area contributed by atoms with Crippen LogP contribution in [0, 0.1) is 15.6 Å². The third kappa shape index (κ3) is 6.12. The van der Waals surface area contributed by atoms with Crippen LogP contribution in [-0.4, -0.2) is 9.67 Å². The summed E-state index contributed by atoms with van der Waals surface area (Å²) in [7, 11) is 0. The Kier molecular flexibility index (Phi) is 8.36. The van der Waals surface area contributed by atoms with E-state index in [0.717, 1.165) is 42.7 Å². The molecule has 1 N–H and O–H groups in total. The molecule has 1 aliphatic carbocycles. The number of rotatable bonds is 4. The molecule has 0 saturated heterocycles. The number of hydrogen-bond acceptors (Lipinski definition) is 4. The molecule has 4 rings (SSSR count). The maximum Gasteiger partial charge on any atom is 0.207 e. The summed E-state index contributed by atoms with van der Waals surface area (Å²) < 4.78 is 35.3. The molecule has 1 fully saturated rings. The van der Waals surface area contributed by atoms with Gasteiger partial charge in [0.2, 0.25) is 5.88 Å². The minimum atomic E-state index is -0.907. The molecule has 1 saturated carbocycles. The fraction of sp³-hybridized carbons (Fsp3) is 0.500. The van der Waals surface area contributed by atoms with E-state index in [1.165, 1.54) is 62.3 Å². The number of benzene rings is 1. The van der Waals surface area contributed by atoms with Crippen molar-refractivity contribution in [3.8, 4) is 17.2 Å². The zero-order chi connectivity index (χ0) is 23.2. The van der Waals surface area contributed by atoms with Crippen molar-refractivity contribution < 1.29 is 18.3 Å². The average molecular weight is 492 g/mol. The minimum Gasteiger partial charge on any atom is -0.494 e. The molecule has 7 heteroatoms. The van der Waals surface area contributed by atoms with Crippen LogP contribution in [0.5, 0.6) is 5.88 Å². The normalized spacial score (nSPS) is 16.9. The third-order valence-electron chi connectivity index (χ3n) is 6.53. The van der Waals surface area contributed by atoms with Crippen LogP contribution < -0.4 is 0 Å². The number of halogens is 2. The van der Waals surface area contributed by atoms with E-state index in [2.05, 4.69) is 0 Å². The number of nitrogens with zero attached hydrogens (tertiary/aromatic N) is 1. The highest BCUT2D eigenvalue weighted by Crippen LogP contribution is 2.36. The summed E-state index contributed by atoms with van der Waals surface area (Å²) in [5, 5.41) is 11.1. The van der Waals surface area contributed by atoms with Gasteiger partial charge in [0.25, 0.3) is 0 Å². The van der Waals surface area contributed by atoms with Crippen molar-refractivity contribution in [2.24, 2.45) is 0 Å². The van der Waals surface area contributed by atoms with Crippen LogP contribution in [0.1, 0.15) is 87.3 Å². The van der Waals surface area contributed by atoms with Gasteiger partial charge >= 0.3 is 0 Å². The maximum atomic E-state index is 13.6. The van der Waals surface area contributed by atoms with E-state index < -0.39 is 11.6 Å². The van der Waals surface area contributed by atoms with Crippen LogP contribution in [-0.2, 0) is 6.42 Å². The lowest BCUT2D eigenvalue weighted by molar-refractivity contribution is 0.332. The molecular weight excluding hydrogens is 460 g/mol. The van der Waals surface area contributed by atoms with Crippen molar-refractivity contribution in [2.75, 3.05) is 0 Å². The summed E-state index contributed by atoms with van der Waals surface area (Å²) >= 11 is 7.09. The summed E-state index contributed by atoms with van der Waals surface area (Å²) in [5.74, 6) is -0.441. The molecular formula is C26H31F2NO2S2. The molecule has 1 aromatic carbocycles. The molecule has 0 bridgehead atoms. The fourth-order valence-electron chi connectivity index (χ4n) is 4.69. The van der Waals surface area contributed by atoms with E-state index in [4.69, 9.17) is 16.6 Å². The number of aromatic nitrogens is 1. The Labute approximate surface area is 203 Å². The predicted molar refractivity (Wildman–Crippen MR) is 131 cm³/mol. The first kappa shape index (κ1) is 24.1. The molecule has 2 aromatic heterocycles. The van der Waals surface area contributed by atoms with E-state index in [-0.39, 0.29) is 11.9 Å². The summed E-state index contributed by atoms with van der Waals surface area (Å²) in [6, 6.07) is 7.48. The highest BCUT2D eigenvalue weighted by molar-refractivity contribution is 7.73. The smallest absolute Gasteiger partial charge is 0.207 e. The molecule has 0 amide bonds. The molecule has 0 aliphatic heterocycles. The summed E-state index contributed by atoms with van der Waals surface area (Å²) in [4.78, 5) is 0.775. The number of furan rings is 1. The lowest BCUT2D eigenvalue weighted by atomic mass is 9.98. The van der Waals surface area contributed by atoms with Gasteiger partial charge < -0.3 is 9.52 Å². The van der Waals surface area contributed by atoms with Gasteiger partial charge in [-0.3, -0.25) is 4.57 Å². The second-order valence-electron chi connectivity index (χ2n) is 8.97. The van der Waals surface area contributed by atoms with Gasteiger partial charge in [0.1, 0.15) is 11.5 Å². The van der Waals surface area contributed by atoms with Crippen LogP contribution in [0.2, 0.25) is 0 Å². The number of aromatic hydroxyl groups is 1. The van der Waals surface area contributed by atoms with E-state index >= 15 is 0 Å². The Morgan fingerprint density at radius 3 is 2.18 bits per heavy atom. The number of thiazole rings is 1. The average Bonchev–Trinajstić information content (AvgIpc) is 3.35. The summed E-state index contributed by atoms with van der Waals surface area (Å²) in [6.07, 6.45) is 13.9. The molecule has 178 valence electrons. The first-order valence-electron chi connectivity index (χ1n) is 12.0. The predicted octanol–water partition coefficient (Wildman–Crippen LogP) is 8.96. The molecule has 0 radical (unpaired) electrons. The Morgan fingerprint density at radius 1 is 0.909 bits per heavy atom. The standard InChI is InChI=1S/C26H31F2NO2S2/c27-21-14-12-18(16-22(21)28)23-15-13-20(31-23)17-24-25(30)29(26(32)33-24)19-10-8-6-4-2-1-3-5-7-9-11-19/h12-16,19,30H,1-11,17H2. The quantitative estimate of drug-likeness (QED) is 0.370. The molecule has 0 atom stereocenters. The van der Waals surface area contributed by atoms with Gasteiger partial charge in [-0.05, 0) is 55.4 Å². The van der Waals surface area contributed by atoms with E-state index in [1.807, 2.05) is 4.57 Å². The Balaban J connectivity index is 1.50. The van der Waals surface area contributed by atoms with Crippen LogP contribution in [0.15, 0.2) is 34.7 Å². The topological polar surface area (TPSA) is 38.3 Å². The largest absolute Gasteiger partial charge is 0.494 e. The zero-order valence-corrected chi connectivity index (χ0v) is 20.5. The van der Waals surface area contributed by atoms with Gasteiger partial charge in [-0.2, -0.15) is 0 Å². The van der Waals surface area contributed by atoms with Crippen LogP contribution >= 0.6 is 23.6 Å². The Hall–Kier alpha value is -1.99. The van der Waals surface area contributed by atoms with Crippen molar-refractivity contribution in [1.29, 1.82) is 0 Å². The third-order valence-corrected chi connectivity index (χ3v) is 7.92. The molecule has 3 nitrogen and oxygen atoms in total. The summed E-state index contributed by atoms with van der Waals surface area (Å²) in [6.45, 7) is 0. The lowest BCUT2D eigenvalue weighted by Gasteiger charge is -2.20. The Bertz CT molecular complexity index is 1110. The first-order chi connectivity index (χ1) is 16.0. The van der Waals surface area contributed by atoms with Crippen LogP contribution in [0.3, 0.4) is 0 Å². The van der Waals surface area contributed by atoms with Crippen molar-refractivity contribution in [1.82, 2.24) is 4.57 Å². The van der Waals surface area contributed by atoms with Crippen LogP contribution in [0.25, 0.3) is 11.3 Å². The first-order valence-corrected chi connectivity index (χ1v) is 13.2. The van der Waals surface area contributed by atoms with E-state index in [9.17, 15) is 13.9 Å². The minimum absolute atomic E-state index is 0.233. The monoisotopic (exact) mass is 491 g/mol. The Morgan fingerprint density at radius 2 is 1.55 bits per heavy atom. The molecule has 3 aromatic rings. The second-order valence-corrected chi connectivity index (χ2v) is 10.7.